The topological polar surface area (TPSA) is 68.5 Å². The number of hydrogen-bond acceptors (Lipinski definition) is 4. The minimum absolute atomic E-state index is 0.282. The van der Waals surface area contributed by atoms with E-state index in [9.17, 15) is 9.59 Å². The Bertz CT molecular complexity index is 989. The molecule has 1 N–H and O–H groups in total. The van der Waals surface area contributed by atoms with Crippen LogP contribution in [0.15, 0.2) is 71.2 Å². The van der Waals surface area contributed by atoms with Crippen molar-refractivity contribution in [3.05, 3.63) is 83.1 Å². The maximum atomic E-state index is 12.2. The number of hydrogen-bond donors (Lipinski definition) is 1. The molecule has 1 aromatic heterocycles. The molecular formula is C21H16ClNO4. The standard InChI is InChI=1S/C21H16ClNO4/c1-26-21(25)17-4-2-3-5-18(17)23-20(24)13-11-16-10-12-19(27-16)14-6-8-15(22)9-7-14/h2-13H,1H3,(H,23,24)/b13-11+. The number of anilines is 1. The van der Waals surface area contributed by atoms with E-state index in [0.717, 1.165) is 5.56 Å². The highest BCUT2D eigenvalue weighted by Gasteiger charge is 2.12. The second-order valence-electron chi connectivity index (χ2n) is 5.57. The van der Waals surface area contributed by atoms with Crippen molar-refractivity contribution < 1.29 is 18.7 Å². The predicted molar refractivity (Wildman–Crippen MR) is 105 cm³/mol. The Hall–Kier alpha value is -3.31. The smallest absolute Gasteiger partial charge is 0.339 e. The van der Waals surface area contributed by atoms with Gasteiger partial charge in [-0.05, 0) is 54.6 Å². The zero-order chi connectivity index (χ0) is 19.2. The summed E-state index contributed by atoms with van der Waals surface area (Å²) in [6.07, 6.45) is 2.88. The molecule has 0 aliphatic carbocycles. The first-order valence-corrected chi connectivity index (χ1v) is 8.47. The lowest BCUT2D eigenvalue weighted by atomic mass is 10.2. The van der Waals surface area contributed by atoms with Gasteiger partial charge in [-0.1, -0.05) is 23.7 Å². The molecular weight excluding hydrogens is 366 g/mol. The summed E-state index contributed by atoms with van der Waals surface area (Å²) in [7, 11) is 1.29. The fourth-order valence-corrected chi connectivity index (χ4v) is 2.55. The molecule has 0 atom stereocenters. The number of rotatable bonds is 5. The van der Waals surface area contributed by atoms with Crippen LogP contribution in [0.1, 0.15) is 16.1 Å². The highest BCUT2D eigenvalue weighted by Crippen LogP contribution is 2.24. The maximum absolute atomic E-state index is 12.2. The Morgan fingerprint density at radius 1 is 1.04 bits per heavy atom. The summed E-state index contributed by atoms with van der Waals surface area (Å²) >= 11 is 5.88. The van der Waals surface area contributed by atoms with Crippen LogP contribution >= 0.6 is 11.6 Å². The van der Waals surface area contributed by atoms with Gasteiger partial charge in [-0.2, -0.15) is 0 Å². The third-order valence-corrected chi connectivity index (χ3v) is 4.00. The molecule has 0 aliphatic rings. The fraction of sp³-hybridized carbons (Fsp3) is 0.0476. The molecule has 0 spiro atoms. The molecule has 0 aliphatic heterocycles. The number of carbonyl (C=O) groups excluding carboxylic acids is 2. The first-order chi connectivity index (χ1) is 13.1. The minimum Gasteiger partial charge on any atom is -0.465 e. The molecule has 5 nitrogen and oxygen atoms in total. The molecule has 0 radical (unpaired) electrons. The van der Waals surface area contributed by atoms with Crippen LogP contribution in [-0.4, -0.2) is 19.0 Å². The number of methoxy groups -OCH3 is 1. The summed E-state index contributed by atoms with van der Waals surface area (Å²) in [5.41, 5.74) is 1.54. The lowest BCUT2D eigenvalue weighted by molar-refractivity contribution is -0.111. The Labute approximate surface area is 161 Å². The molecule has 0 fully saturated rings. The second-order valence-corrected chi connectivity index (χ2v) is 6.01. The van der Waals surface area contributed by atoms with Crippen molar-refractivity contribution in [3.8, 4) is 11.3 Å². The molecule has 0 saturated carbocycles. The number of halogens is 1. The minimum atomic E-state index is -0.520. The Balaban J connectivity index is 1.69. The van der Waals surface area contributed by atoms with E-state index >= 15 is 0 Å². The molecule has 1 heterocycles. The van der Waals surface area contributed by atoms with E-state index in [2.05, 4.69) is 5.32 Å². The largest absolute Gasteiger partial charge is 0.465 e. The number of esters is 1. The molecule has 1 amide bonds. The first kappa shape index (κ1) is 18.5. The molecule has 27 heavy (non-hydrogen) atoms. The number of para-hydroxylation sites is 1. The Morgan fingerprint density at radius 2 is 1.78 bits per heavy atom. The summed E-state index contributed by atoms with van der Waals surface area (Å²) in [6.45, 7) is 0. The van der Waals surface area contributed by atoms with E-state index in [1.54, 1.807) is 48.5 Å². The van der Waals surface area contributed by atoms with Gasteiger partial charge in [-0.3, -0.25) is 4.79 Å². The summed E-state index contributed by atoms with van der Waals surface area (Å²) in [6, 6.07) is 17.5. The Morgan fingerprint density at radius 3 is 2.52 bits per heavy atom. The van der Waals surface area contributed by atoms with Gasteiger partial charge in [0.2, 0.25) is 5.91 Å². The molecule has 6 heteroatoms. The first-order valence-electron chi connectivity index (χ1n) is 8.09. The van der Waals surface area contributed by atoms with E-state index in [4.69, 9.17) is 20.8 Å². The number of benzene rings is 2. The number of amides is 1. The molecule has 3 aromatic rings. The van der Waals surface area contributed by atoms with E-state index in [0.29, 0.717) is 22.2 Å². The monoisotopic (exact) mass is 381 g/mol. The third-order valence-electron chi connectivity index (χ3n) is 3.74. The summed E-state index contributed by atoms with van der Waals surface area (Å²) < 4.78 is 10.4. The van der Waals surface area contributed by atoms with Crippen LogP contribution in [0.2, 0.25) is 5.02 Å². The van der Waals surface area contributed by atoms with E-state index in [-0.39, 0.29) is 5.56 Å². The molecule has 0 saturated heterocycles. The highest BCUT2D eigenvalue weighted by molar-refractivity contribution is 6.30. The van der Waals surface area contributed by atoms with Crippen molar-refractivity contribution in [2.45, 2.75) is 0 Å². The number of ether oxygens (including phenoxy) is 1. The van der Waals surface area contributed by atoms with E-state index in [1.807, 2.05) is 18.2 Å². The van der Waals surface area contributed by atoms with Crippen molar-refractivity contribution >= 4 is 35.2 Å². The number of carbonyl (C=O) groups is 2. The second kappa shape index (κ2) is 8.38. The normalized spacial score (nSPS) is 10.7. The van der Waals surface area contributed by atoms with Gasteiger partial charge in [-0.15, -0.1) is 0 Å². The molecule has 0 bridgehead atoms. The molecule has 136 valence electrons. The zero-order valence-corrected chi connectivity index (χ0v) is 15.2. The predicted octanol–water partition coefficient (Wildman–Crippen LogP) is 5.04. The molecule has 3 rings (SSSR count). The van der Waals surface area contributed by atoms with Gasteiger partial charge in [0.15, 0.2) is 0 Å². The summed E-state index contributed by atoms with van der Waals surface area (Å²) in [5.74, 6) is 0.281. The zero-order valence-electron chi connectivity index (χ0n) is 14.4. The van der Waals surface area contributed by atoms with Crippen LogP contribution in [0.4, 0.5) is 5.69 Å². The van der Waals surface area contributed by atoms with Crippen LogP contribution in [0.25, 0.3) is 17.4 Å². The van der Waals surface area contributed by atoms with Gasteiger partial charge in [0.25, 0.3) is 0 Å². The van der Waals surface area contributed by atoms with Crippen molar-refractivity contribution in [1.82, 2.24) is 0 Å². The maximum Gasteiger partial charge on any atom is 0.339 e. The molecule has 2 aromatic carbocycles. The fourth-order valence-electron chi connectivity index (χ4n) is 2.42. The van der Waals surface area contributed by atoms with Gasteiger partial charge in [0, 0.05) is 16.7 Å². The number of nitrogens with one attached hydrogen (secondary N) is 1. The van der Waals surface area contributed by atoms with Gasteiger partial charge in [0.1, 0.15) is 11.5 Å². The quantitative estimate of drug-likeness (QED) is 0.496. The van der Waals surface area contributed by atoms with Crippen molar-refractivity contribution in [1.29, 1.82) is 0 Å². The van der Waals surface area contributed by atoms with Gasteiger partial charge in [-0.25, -0.2) is 4.79 Å². The lowest BCUT2D eigenvalue weighted by Crippen LogP contribution is -2.12. The third kappa shape index (κ3) is 4.65. The summed E-state index contributed by atoms with van der Waals surface area (Å²) in [5, 5.41) is 3.31. The van der Waals surface area contributed by atoms with Crippen LogP contribution in [0.5, 0.6) is 0 Å². The van der Waals surface area contributed by atoms with E-state index < -0.39 is 11.9 Å². The number of furan rings is 1. The van der Waals surface area contributed by atoms with Crippen molar-refractivity contribution in [2.24, 2.45) is 0 Å². The lowest BCUT2D eigenvalue weighted by Gasteiger charge is -2.07. The van der Waals surface area contributed by atoms with Gasteiger partial charge >= 0.3 is 5.97 Å². The SMILES string of the molecule is COC(=O)c1ccccc1NC(=O)/C=C/c1ccc(-c2ccc(Cl)cc2)o1. The average Bonchev–Trinajstić information content (AvgIpc) is 3.16. The van der Waals surface area contributed by atoms with E-state index in [1.165, 1.54) is 13.2 Å². The average molecular weight is 382 g/mol. The van der Waals surface area contributed by atoms with Crippen LogP contribution in [-0.2, 0) is 9.53 Å². The van der Waals surface area contributed by atoms with Gasteiger partial charge in [0.05, 0.1) is 18.4 Å². The Kier molecular flexibility index (Phi) is 5.74. The van der Waals surface area contributed by atoms with Crippen LogP contribution < -0.4 is 5.32 Å². The highest BCUT2D eigenvalue weighted by atomic mass is 35.5. The van der Waals surface area contributed by atoms with Crippen LogP contribution in [0, 0.1) is 0 Å². The van der Waals surface area contributed by atoms with Crippen LogP contribution in [0.3, 0.4) is 0 Å². The van der Waals surface area contributed by atoms with Crippen molar-refractivity contribution in [2.75, 3.05) is 12.4 Å². The summed E-state index contributed by atoms with van der Waals surface area (Å²) in [4.78, 5) is 23.9. The molecule has 0 unspecified atom stereocenters. The van der Waals surface area contributed by atoms with Gasteiger partial charge < -0.3 is 14.5 Å². The van der Waals surface area contributed by atoms with Crippen molar-refractivity contribution in [3.63, 3.8) is 0 Å².